The number of fused-ring (bicyclic) bond motifs is 2. The van der Waals surface area contributed by atoms with Crippen molar-refractivity contribution in [2.75, 3.05) is 7.05 Å². The summed E-state index contributed by atoms with van der Waals surface area (Å²) in [5.74, 6) is -9.72. The Hall–Kier alpha value is -5.58. The van der Waals surface area contributed by atoms with Crippen LogP contribution in [-0.2, 0) is 54.3 Å². The molecule has 0 aromatic heterocycles. The van der Waals surface area contributed by atoms with Crippen LogP contribution in [0.15, 0.2) is 18.2 Å². The van der Waals surface area contributed by atoms with Crippen molar-refractivity contribution >= 4 is 64.8 Å². The van der Waals surface area contributed by atoms with E-state index in [1.165, 1.54) is 52.9 Å². The maximum Gasteiger partial charge on any atom is 0.329 e. The molecular formula is C45H69ClN8O14. The molecule has 68 heavy (non-hydrogen) atoms. The molecule has 0 aliphatic carbocycles. The zero-order chi connectivity index (χ0) is 51.5. The van der Waals surface area contributed by atoms with Gasteiger partial charge in [0.15, 0.2) is 0 Å². The average molecular weight is 982 g/mol. The number of rotatable bonds is 14. The lowest BCUT2D eigenvalue weighted by Gasteiger charge is -2.43. The Morgan fingerprint density at radius 1 is 0.882 bits per heavy atom. The molecule has 2 fully saturated rings. The summed E-state index contributed by atoms with van der Waals surface area (Å²) in [6.45, 7) is 13.3. The Balaban J connectivity index is 2.20. The van der Waals surface area contributed by atoms with Crippen LogP contribution in [0.5, 0.6) is 5.75 Å². The second-order valence-corrected chi connectivity index (χ2v) is 18.7. The van der Waals surface area contributed by atoms with Gasteiger partial charge >= 0.3 is 5.97 Å². The molecule has 3 rings (SSSR count). The lowest BCUT2D eigenvalue weighted by Crippen LogP contribution is -2.67. The first-order chi connectivity index (χ1) is 31.7. The molecular weight excluding hydrogens is 912 g/mol. The molecule has 0 radical (unpaired) electrons. The SMILES string of the molecule is CCCC(=O)NC(C)C(=O)NC(C(=O)NC1C(=O)NC(CC(C)C)C(=O)NC2CCC(O)N(C2=O)C(C(C)O)C(=O)N(C)C(Cc2ccc(O)c(Cl)c2)C(=O)NC(C(C)C)C(=O)OC1C)C(C)O. The smallest absolute Gasteiger partial charge is 0.329 e. The van der Waals surface area contributed by atoms with E-state index in [9.17, 15) is 63.6 Å². The van der Waals surface area contributed by atoms with E-state index in [0.29, 0.717) is 12.0 Å². The van der Waals surface area contributed by atoms with Gasteiger partial charge in [0, 0.05) is 19.9 Å². The number of aliphatic hydroxyl groups excluding tert-OH is 3. The van der Waals surface area contributed by atoms with Gasteiger partial charge in [0.25, 0.3) is 0 Å². The number of nitrogens with zero attached hydrogens (tertiary/aromatic N) is 2. The molecule has 2 saturated heterocycles. The fourth-order valence-corrected chi connectivity index (χ4v) is 8.03. The minimum atomic E-state index is -1.86. The minimum absolute atomic E-state index is 0.0394. The summed E-state index contributed by atoms with van der Waals surface area (Å²) in [6, 6.07) is -8.38. The van der Waals surface area contributed by atoms with E-state index >= 15 is 0 Å². The highest BCUT2D eigenvalue weighted by atomic mass is 35.5. The number of phenols is 1. The van der Waals surface area contributed by atoms with Gasteiger partial charge in [0.1, 0.15) is 66.4 Å². The predicted molar refractivity (Wildman–Crippen MR) is 245 cm³/mol. The number of piperidine rings is 1. The normalized spacial score (nSPS) is 26.5. The third-order valence-electron chi connectivity index (χ3n) is 11.7. The number of benzene rings is 1. The van der Waals surface area contributed by atoms with Gasteiger partial charge in [0.05, 0.1) is 17.2 Å². The second-order valence-electron chi connectivity index (χ2n) is 18.3. The monoisotopic (exact) mass is 980 g/mol. The van der Waals surface area contributed by atoms with Gasteiger partial charge in [-0.15, -0.1) is 0 Å². The number of ether oxygens (including phenoxy) is 1. The molecule has 2 heterocycles. The first-order valence-electron chi connectivity index (χ1n) is 22.8. The number of esters is 1. The fourth-order valence-electron chi connectivity index (χ4n) is 7.82. The molecule has 2 aliphatic rings. The van der Waals surface area contributed by atoms with E-state index in [4.69, 9.17) is 16.3 Å². The number of phenolic OH excluding ortho intramolecular Hbond substituents is 1. The highest BCUT2D eigenvalue weighted by molar-refractivity contribution is 6.32. The summed E-state index contributed by atoms with van der Waals surface area (Å²) in [5, 5.41) is 58.1. The van der Waals surface area contributed by atoms with Crippen LogP contribution < -0.4 is 31.9 Å². The van der Waals surface area contributed by atoms with Crippen molar-refractivity contribution in [2.45, 2.75) is 174 Å². The number of nitrogens with one attached hydrogen (secondary N) is 6. The number of hydrogen-bond acceptors (Lipinski definition) is 14. The van der Waals surface area contributed by atoms with Crippen LogP contribution in [0.1, 0.15) is 100.0 Å². The highest BCUT2D eigenvalue weighted by Crippen LogP contribution is 2.27. The van der Waals surface area contributed by atoms with E-state index in [1.807, 2.05) is 0 Å². The summed E-state index contributed by atoms with van der Waals surface area (Å²) >= 11 is 6.19. The predicted octanol–water partition coefficient (Wildman–Crippen LogP) is -1.14. The van der Waals surface area contributed by atoms with Gasteiger partial charge < -0.3 is 66.9 Å². The van der Waals surface area contributed by atoms with E-state index in [1.54, 1.807) is 34.6 Å². The number of carbonyl (C=O) groups is 9. The number of likely N-dealkylation sites (N-methyl/N-ethyl adjacent to an activating group) is 1. The lowest BCUT2D eigenvalue weighted by atomic mass is 9.96. The molecule has 2 aliphatic heterocycles. The molecule has 2 bridgehead atoms. The third kappa shape index (κ3) is 15.0. The topological polar surface area (TPSA) is 322 Å². The van der Waals surface area contributed by atoms with Crippen LogP contribution in [0.3, 0.4) is 0 Å². The van der Waals surface area contributed by atoms with Crippen molar-refractivity contribution in [1.29, 1.82) is 0 Å². The molecule has 1 aromatic carbocycles. The molecule has 12 atom stereocenters. The zero-order valence-corrected chi connectivity index (χ0v) is 41.0. The highest BCUT2D eigenvalue weighted by Gasteiger charge is 2.47. The molecule has 0 saturated carbocycles. The van der Waals surface area contributed by atoms with E-state index in [-0.39, 0.29) is 48.8 Å². The van der Waals surface area contributed by atoms with Gasteiger partial charge in [-0.3, -0.25) is 38.4 Å². The fraction of sp³-hybridized carbons (Fsp3) is 0.667. The zero-order valence-electron chi connectivity index (χ0n) is 40.2. The molecule has 22 nitrogen and oxygen atoms in total. The maximum absolute atomic E-state index is 14.6. The third-order valence-corrected chi connectivity index (χ3v) is 12.0. The van der Waals surface area contributed by atoms with Crippen LogP contribution in [0.4, 0.5) is 0 Å². The number of aromatic hydroxyl groups is 1. The summed E-state index contributed by atoms with van der Waals surface area (Å²) in [7, 11) is 1.21. The van der Waals surface area contributed by atoms with Crippen molar-refractivity contribution in [3.05, 3.63) is 28.8 Å². The molecule has 380 valence electrons. The number of carbonyl (C=O) groups excluding carboxylic acids is 9. The summed E-state index contributed by atoms with van der Waals surface area (Å²) < 4.78 is 5.79. The molecule has 0 spiro atoms. The minimum Gasteiger partial charge on any atom is -0.506 e. The van der Waals surface area contributed by atoms with Crippen molar-refractivity contribution in [3.63, 3.8) is 0 Å². The summed E-state index contributed by atoms with van der Waals surface area (Å²) in [6.07, 6.45) is -6.53. The van der Waals surface area contributed by atoms with Crippen molar-refractivity contribution in [1.82, 2.24) is 41.7 Å². The van der Waals surface area contributed by atoms with Crippen molar-refractivity contribution in [2.24, 2.45) is 11.8 Å². The standard InChI is InChI=1S/C45H69ClN8O14/c1-11-12-32(58)47-22(6)38(60)51-35(23(7)55)41(63)52-36-25(9)68-45(67)34(21(4)5)50-40(62)30(19-26-13-15-31(57)27(46)18-26)53(10)44(66)37(24(8)56)54-33(59)16-14-28(43(54)65)48-39(61)29(17-20(2)3)49-42(36)64/h13,15,18,20-25,28-30,33-37,55-57,59H,11-12,14,16-17,19H2,1-10H3,(H,47,58)(H,48,61)(H,49,64)(H,50,62)(H,51,60)(H,52,63). The van der Waals surface area contributed by atoms with Crippen molar-refractivity contribution < 1.29 is 68.3 Å². The number of halogens is 1. The maximum atomic E-state index is 14.6. The van der Waals surface area contributed by atoms with Crippen LogP contribution in [-0.4, -0.2) is 163 Å². The molecule has 12 unspecified atom stereocenters. The number of aliphatic hydroxyl groups is 3. The van der Waals surface area contributed by atoms with Crippen LogP contribution >= 0.6 is 11.6 Å². The molecule has 10 N–H and O–H groups in total. The van der Waals surface area contributed by atoms with Gasteiger partial charge in [-0.25, -0.2) is 4.79 Å². The first kappa shape index (κ1) is 56.7. The Labute approximate surface area is 401 Å². The Morgan fingerprint density at radius 3 is 2.09 bits per heavy atom. The molecule has 1 aromatic rings. The van der Waals surface area contributed by atoms with Crippen LogP contribution in [0.25, 0.3) is 0 Å². The Kier molecular flexibility index (Phi) is 21.0. The summed E-state index contributed by atoms with van der Waals surface area (Å²) in [4.78, 5) is 127. The Bertz CT molecular complexity index is 2020. The van der Waals surface area contributed by atoms with Gasteiger partial charge in [-0.05, 0) is 82.9 Å². The Morgan fingerprint density at radius 2 is 1.53 bits per heavy atom. The summed E-state index contributed by atoms with van der Waals surface area (Å²) in [5.41, 5.74) is 0.330. The quantitative estimate of drug-likeness (QED) is 0.0987. The lowest BCUT2D eigenvalue weighted by molar-refractivity contribution is -0.170. The number of cyclic esters (lactones) is 1. The van der Waals surface area contributed by atoms with Crippen LogP contribution in [0.2, 0.25) is 5.02 Å². The van der Waals surface area contributed by atoms with Crippen LogP contribution in [0, 0.1) is 11.8 Å². The van der Waals surface area contributed by atoms with Gasteiger partial charge in [-0.1, -0.05) is 52.3 Å². The number of amides is 8. The van der Waals surface area contributed by atoms with E-state index < -0.39 is 132 Å². The van der Waals surface area contributed by atoms with Crippen molar-refractivity contribution in [3.8, 4) is 5.75 Å². The molecule has 8 amide bonds. The second kappa shape index (κ2) is 25.2. The molecule has 23 heteroatoms. The largest absolute Gasteiger partial charge is 0.506 e. The average Bonchev–Trinajstić information content (AvgIpc) is 3.24. The first-order valence-corrected chi connectivity index (χ1v) is 23.2. The van der Waals surface area contributed by atoms with Gasteiger partial charge in [0.2, 0.25) is 47.3 Å². The van der Waals surface area contributed by atoms with E-state index in [0.717, 1.165) is 9.80 Å². The van der Waals surface area contributed by atoms with E-state index in [2.05, 4.69) is 31.9 Å². The number of hydrogen-bond donors (Lipinski definition) is 10. The van der Waals surface area contributed by atoms with Gasteiger partial charge in [-0.2, -0.15) is 0 Å².